The lowest BCUT2D eigenvalue weighted by atomic mass is 10.2. The summed E-state index contributed by atoms with van der Waals surface area (Å²) in [7, 11) is 0. The van der Waals surface area contributed by atoms with Crippen molar-refractivity contribution in [3.8, 4) is 0 Å². The van der Waals surface area contributed by atoms with Crippen molar-refractivity contribution >= 4 is 0 Å². The van der Waals surface area contributed by atoms with Crippen LogP contribution in [-0.2, 0) is 6.42 Å². The van der Waals surface area contributed by atoms with E-state index in [9.17, 15) is 13.2 Å². The normalized spacial score (nSPS) is 11.9. The Labute approximate surface area is 74.1 Å². The monoisotopic (exact) mass is 192 g/mol. The van der Waals surface area contributed by atoms with Crippen molar-refractivity contribution in [2.75, 3.05) is 13.1 Å². The number of halogens is 3. The highest BCUT2D eigenvalue weighted by molar-refractivity contribution is 5.08. The molecule has 0 radical (unpaired) electrons. The molecule has 74 valence electrons. The van der Waals surface area contributed by atoms with Gasteiger partial charge in [0.2, 0.25) is 0 Å². The molecule has 0 amide bonds. The van der Waals surface area contributed by atoms with Crippen molar-refractivity contribution < 1.29 is 13.2 Å². The van der Waals surface area contributed by atoms with Gasteiger partial charge >= 0.3 is 6.18 Å². The molecule has 0 atom stereocenters. The van der Waals surface area contributed by atoms with Gasteiger partial charge in [-0.1, -0.05) is 0 Å². The first-order chi connectivity index (χ1) is 6.08. The molecule has 5 heteroatoms. The van der Waals surface area contributed by atoms with Crippen LogP contribution in [0.1, 0.15) is 5.56 Å². The minimum atomic E-state index is -4.11. The Balaban J connectivity index is 2.09. The zero-order chi connectivity index (χ0) is 9.73. The average Bonchev–Trinajstić information content (AvgIpc) is 2.48. The van der Waals surface area contributed by atoms with E-state index < -0.39 is 12.7 Å². The number of nitrogens with one attached hydrogen (secondary N) is 2. The van der Waals surface area contributed by atoms with Gasteiger partial charge in [-0.3, -0.25) is 0 Å². The molecule has 0 saturated carbocycles. The third-order valence-corrected chi connectivity index (χ3v) is 1.58. The predicted octanol–water partition coefficient (Wildman–Crippen LogP) is 1.71. The lowest BCUT2D eigenvalue weighted by Crippen LogP contribution is -2.30. The molecule has 2 N–H and O–H groups in total. The Morgan fingerprint density at radius 2 is 2.15 bits per heavy atom. The Hall–Kier alpha value is -0.970. The third kappa shape index (κ3) is 4.57. The number of hydrogen-bond donors (Lipinski definition) is 2. The second kappa shape index (κ2) is 4.32. The van der Waals surface area contributed by atoms with Gasteiger partial charge in [0.1, 0.15) is 0 Å². The van der Waals surface area contributed by atoms with Gasteiger partial charge in [0, 0.05) is 12.4 Å². The lowest BCUT2D eigenvalue weighted by Gasteiger charge is -2.06. The van der Waals surface area contributed by atoms with E-state index >= 15 is 0 Å². The first-order valence-corrected chi connectivity index (χ1v) is 3.97. The fourth-order valence-corrected chi connectivity index (χ4v) is 0.977. The summed E-state index contributed by atoms with van der Waals surface area (Å²) < 4.78 is 35.0. The van der Waals surface area contributed by atoms with Gasteiger partial charge < -0.3 is 10.3 Å². The summed E-state index contributed by atoms with van der Waals surface area (Å²) in [6.07, 6.45) is 0.0199. The molecular weight excluding hydrogens is 181 g/mol. The van der Waals surface area contributed by atoms with Gasteiger partial charge in [0.15, 0.2) is 0 Å². The van der Waals surface area contributed by atoms with E-state index in [1.54, 1.807) is 12.4 Å². The molecule has 0 aliphatic carbocycles. The lowest BCUT2D eigenvalue weighted by molar-refractivity contribution is -0.124. The Morgan fingerprint density at radius 1 is 1.38 bits per heavy atom. The third-order valence-electron chi connectivity index (χ3n) is 1.58. The van der Waals surface area contributed by atoms with Crippen LogP contribution in [-0.4, -0.2) is 24.2 Å². The SMILES string of the molecule is FC(F)(F)CNCCc1cc[nH]c1. The van der Waals surface area contributed by atoms with Crippen LogP contribution in [0, 0.1) is 0 Å². The molecule has 0 spiro atoms. The van der Waals surface area contributed by atoms with Gasteiger partial charge in [-0.15, -0.1) is 0 Å². The van der Waals surface area contributed by atoms with Crippen molar-refractivity contribution in [3.05, 3.63) is 24.0 Å². The molecule has 0 saturated heterocycles. The molecule has 0 aliphatic heterocycles. The van der Waals surface area contributed by atoms with Crippen LogP contribution >= 0.6 is 0 Å². The molecule has 1 aromatic heterocycles. The Morgan fingerprint density at radius 3 is 2.69 bits per heavy atom. The Bertz CT molecular complexity index is 228. The Kier molecular flexibility index (Phi) is 3.36. The molecule has 1 heterocycles. The molecule has 0 aliphatic rings. The smallest absolute Gasteiger partial charge is 0.367 e. The summed E-state index contributed by atoms with van der Waals surface area (Å²) in [5, 5.41) is 2.32. The second-order valence-electron chi connectivity index (χ2n) is 2.76. The molecular formula is C8H11F3N2. The first kappa shape index (κ1) is 10.1. The van der Waals surface area contributed by atoms with E-state index in [-0.39, 0.29) is 0 Å². The number of alkyl halides is 3. The van der Waals surface area contributed by atoms with Gasteiger partial charge in [-0.25, -0.2) is 0 Å². The number of aromatic amines is 1. The van der Waals surface area contributed by atoms with Crippen LogP contribution in [0.4, 0.5) is 13.2 Å². The van der Waals surface area contributed by atoms with E-state index in [0.717, 1.165) is 5.56 Å². The number of H-pyrrole nitrogens is 1. The standard InChI is InChI=1S/C8H11F3N2/c9-8(10,11)6-13-4-2-7-1-3-12-5-7/h1,3,5,12-13H,2,4,6H2. The van der Waals surface area contributed by atoms with Gasteiger partial charge in [-0.2, -0.15) is 13.2 Å². The maximum atomic E-state index is 11.7. The van der Waals surface area contributed by atoms with E-state index in [2.05, 4.69) is 10.3 Å². The van der Waals surface area contributed by atoms with Crippen LogP contribution in [0.15, 0.2) is 18.5 Å². The summed E-state index contributed by atoms with van der Waals surface area (Å²) in [4.78, 5) is 2.84. The van der Waals surface area contributed by atoms with Crippen LogP contribution in [0.5, 0.6) is 0 Å². The fourth-order valence-electron chi connectivity index (χ4n) is 0.977. The maximum Gasteiger partial charge on any atom is 0.401 e. The minimum absolute atomic E-state index is 0.345. The topological polar surface area (TPSA) is 27.8 Å². The molecule has 0 bridgehead atoms. The van der Waals surface area contributed by atoms with Gasteiger partial charge in [0.05, 0.1) is 6.54 Å². The van der Waals surface area contributed by atoms with Crippen molar-refractivity contribution in [1.29, 1.82) is 0 Å². The second-order valence-corrected chi connectivity index (χ2v) is 2.76. The molecule has 0 unspecified atom stereocenters. The average molecular weight is 192 g/mol. The number of rotatable bonds is 4. The summed E-state index contributed by atoms with van der Waals surface area (Å²) >= 11 is 0. The molecule has 2 nitrogen and oxygen atoms in total. The molecule has 13 heavy (non-hydrogen) atoms. The summed E-state index contributed by atoms with van der Waals surface area (Å²) in [5.74, 6) is 0. The zero-order valence-electron chi connectivity index (χ0n) is 6.99. The predicted molar refractivity (Wildman–Crippen MR) is 43.4 cm³/mol. The van der Waals surface area contributed by atoms with E-state index in [0.29, 0.717) is 13.0 Å². The molecule has 0 fully saturated rings. The minimum Gasteiger partial charge on any atom is -0.367 e. The summed E-state index contributed by atoms with van der Waals surface area (Å²) in [6.45, 7) is -0.575. The van der Waals surface area contributed by atoms with Crippen molar-refractivity contribution in [2.45, 2.75) is 12.6 Å². The van der Waals surface area contributed by atoms with Crippen LogP contribution < -0.4 is 5.32 Å². The van der Waals surface area contributed by atoms with Crippen molar-refractivity contribution in [3.63, 3.8) is 0 Å². The van der Waals surface area contributed by atoms with E-state index in [4.69, 9.17) is 0 Å². The van der Waals surface area contributed by atoms with Crippen LogP contribution in [0.25, 0.3) is 0 Å². The van der Waals surface area contributed by atoms with Crippen LogP contribution in [0.3, 0.4) is 0 Å². The van der Waals surface area contributed by atoms with E-state index in [1.165, 1.54) is 0 Å². The number of hydrogen-bond acceptors (Lipinski definition) is 1. The van der Waals surface area contributed by atoms with Gasteiger partial charge in [0.25, 0.3) is 0 Å². The number of aromatic nitrogens is 1. The quantitative estimate of drug-likeness (QED) is 0.698. The highest BCUT2D eigenvalue weighted by Crippen LogP contribution is 2.11. The van der Waals surface area contributed by atoms with Gasteiger partial charge in [-0.05, 0) is 24.6 Å². The highest BCUT2D eigenvalue weighted by atomic mass is 19.4. The molecule has 0 aromatic carbocycles. The fraction of sp³-hybridized carbons (Fsp3) is 0.500. The largest absolute Gasteiger partial charge is 0.401 e. The van der Waals surface area contributed by atoms with Crippen molar-refractivity contribution in [1.82, 2.24) is 10.3 Å². The zero-order valence-corrected chi connectivity index (χ0v) is 6.99. The first-order valence-electron chi connectivity index (χ1n) is 3.97. The van der Waals surface area contributed by atoms with Crippen LogP contribution in [0.2, 0.25) is 0 Å². The summed E-state index contributed by atoms with van der Waals surface area (Å²) in [5.41, 5.74) is 1.01. The highest BCUT2D eigenvalue weighted by Gasteiger charge is 2.25. The van der Waals surface area contributed by atoms with E-state index in [1.807, 2.05) is 6.07 Å². The summed E-state index contributed by atoms with van der Waals surface area (Å²) in [6, 6.07) is 1.84. The molecule has 1 rings (SSSR count). The van der Waals surface area contributed by atoms with Crippen molar-refractivity contribution in [2.24, 2.45) is 0 Å². The molecule has 1 aromatic rings. The maximum absolute atomic E-state index is 11.7.